The maximum Gasteiger partial charge on any atom is 0.270 e. The Morgan fingerprint density at radius 2 is 2.12 bits per heavy atom. The lowest BCUT2D eigenvalue weighted by Crippen LogP contribution is -2.11. The second-order valence-electron chi connectivity index (χ2n) is 4.00. The number of rotatable bonds is 4. The number of alkyl halides is 1. The maximum atomic E-state index is 10.6. The Morgan fingerprint density at radius 3 is 2.56 bits per heavy atom. The van der Waals surface area contributed by atoms with Gasteiger partial charge in [0, 0.05) is 22.0 Å². The van der Waals surface area contributed by atoms with Crippen molar-refractivity contribution in [1.29, 1.82) is 0 Å². The minimum absolute atomic E-state index is 0.0396. The molecule has 88 valence electrons. The zero-order valence-electron chi connectivity index (χ0n) is 9.11. The molecule has 0 heterocycles. The highest BCUT2D eigenvalue weighted by Crippen LogP contribution is 2.26. The summed E-state index contributed by atoms with van der Waals surface area (Å²) in [6.07, 6.45) is 0.706. The first-order valence-corrected chi connectivity index (χ1v) is 6.21. The van der Waals surface area contributed by atoms with Gasteiger partial charge in [0.2, 0.25) is 0 Å². The normalized spacial score (nSPS) is 12.8. The molecule has 0 spiro atoms. The predicted octanol–water partition coefficient (Wildman–Crippen LogP) is 4.16. The fraction of sp³-hybridized carbons (Fsp3) is 0.455. The third kappa shape index (κ3) is 3.46. The fourth-order valence-corrected chi connectivity index (χ4v) is 1.96. The van der Waals surface area contributed by atoms with Crippen LogP contribution in [0.25, 0.3) is 0 Å². The van der Waals surface area contributed by atoms with E-state index in [1.807, 2.05) is 0 Å². The highest BCUT2D eigenvalue weighted by molar-refractivity contribution is 9.10. The highest BCUT2D eigenvalue weighted by atomic mass is 79.9. The third-order valence-corrected chi connectivity index (χ3v) is 3.78. The Labute approximate surface area is 108 Å². The lowest BCUT2D eigenvalue weighted by Gasteiger charge is -2.13. The van der Waals surface area contributed by atoms with Crippen molar-refractivity contribution in [1.82, 2.24) is 0 Å². The van der Waals surface area contributed by atoms with Gasteiger partial charge in [-0.3, -0.25) is 10.1 Å². The summed E-state index contributed by atoms with van der Waals surface area (Å²) >= 11 is 9.50. The molecule has 0 saturated heterocycles. The third-order valence-electron chi connectivity index (χ3n) is 2.39. The molecule has 0 saturated carbocycles. The van der Waals surface area contributed by atoms with Gasteiger partial charge in [0.1, 0.15) is 0 Å². The van der Waals surface area contributed by atoms with Gasteiger partial charge in [-0.15, -0.1) is 11.6 Å². The molecule has 0 aliphatic carbocycles. The van der Waals surface area contributed by atoms with Gasteiger partial charge in [-0.05, 0) is 17.9 Å². The van der Waals surface area contributed by atoms with Crippen molar-refractivity contribution in [2.75, 3.05) is 0 Å². The first-order valence-electron chi connectivity index (χ1n) is 4.98. The molecule has 16 heavy (non-hydrogen) atoms. The summed E-state index contributed by atoms with van der Waals surface area (Å²) in [5, 5.41) is 10.6. The summed E-state index contributed by atoms with van der Waals surface area (Å²) in [6.45, 7) is 4.11. The Hall–Kier alpha value is -0.610. The van der Waals surface area contributed by atoms with E-state index in [4.69, 9.17) is 11.6 Å². The van der Waals surface area contributed by atoms with Crippen LogP contribution in [0.2, 0.25) is 0 Å². The molecule has 0 aliphatic rings. The van der Waals surface area contributed by atoms with Crippen molar-refractivity contribution in [3.8, 4) is 0 Å². The maximum absolute atomic E-state index is 10.6. The van der Waals surface area contributed by atoms with Crippen LogP contribution in [0, 0.1) is 16.0 Å². The quantitative estimate of drug-likeness (QED) is 0.476. The van der Waals surface area contributed by atoms with E-state index in [9.17, 15) is 10.1 Å². The zero-order chi connectivity index (χ0) is 12.3. The van der Waals surface area contributed by atoms with Gasteiger partial charge in [0.15, 0.2) is 0 Å². The molecule has 0 bridgehead atoms. The van der Waals surface area contributed by atoms with Crippen LogP contribution in [-0.4, -0.2) is 10.3 Å². The molecule has 1 atom stereocenters. The van der Waals surface area contributed by atoms with Gasteiger partial charge in [0.05, 0.1) is 4.92 Å². The van der Waals surface area contributed by atoms with E-state index in [0.29, 0.717) is 12.3 Å². The Balaban J connectivity index is 2.87. The molecule has 0 N–H and O–H groups in total. The SMILES string of the molecule is CC(C)C(Cl)Cc1ccc([N+](=O)[O-])cc1Br. The lowest BCUT2D eigenvalue weighted by atomic mass is 10.0. The van der Waals surface area contributed by atoms with Crippen LogP contribution >= 0.6 is 27.5 Å². The van der Waals surface area contributed by atoms with Gasteiger partial charge >= 0.3 is 0 Å². The van der Waals surface area contributed by atoms with Gasteiger partial charge in [0.25, 0.3) is 5.69 Å². The smallest absolute Gasteiger partial charge is 0.258 e. The van der Waals surface area contributed by atoms with E-state index in [2.05, 4.69) is 29.8 Å². The Bertz CT molecular complexity index is 396. The number of halogens is 2. The van der Waals surface area contributed by atoms with E-state index >= 15 is 0 Å². The van der Waals surface area contributed by atoms with E-state index in [1.54, 1.807) is 6.07 Å². The largest absolute Gasteiger partial charge is 0.270 e. The van der Waals surface area contributed by atoms with E-state index < -0.39 is 4.92 Å². The average Bonchev–Trinajstić information content (AvgIpc) is 2.20. The standard InChI is InChI=1S/C11H13BrClNO2/c1-7(2)11(13)5-8-3-4-9(14(15)16)6-10(8)12/h3-4,6-7,11H,5H2,1-2H3. The van der Waals surface area contributed by atoms with Gasteiger partial charge in [-0.2, -0.15) is 0 Å². The summed E-state index contributed by atoms with van der Waals surface area (Å²) < 4.78 is 0.744. The number of benzene rings is 1. The van der Waals surface area contributed by atoms with Crippen LogP contribution < -0.4 is 0 Å². The number of nitrogens with zero attached hydrogens (tertiary/aromatic N) is 1. The Kier molecular flexibility index (Phi) is 4.74. The predicted molar refractivity (Wildman–Crippen MR) is 69.0 cm³/mol. The molecule has 5 heteroatoms. The molecule has 1 aromatic carbocycles. The fourth-order valence-electron chi connectivity index (χ4n) is 1.26. The average molecular weight is 307 g/mol. The molecule has 0 amide bonds. The lowest BCUT2D eigenvalue weighted by molar-refractivity contribution is -0.384. The first-order chi connectivity index (χ1) is 7.41. The number of hydrogen-bond donors (Lipinski definition) is 0. The van der Waals surface area contributed by atoms with Gasteiger partial charge < -0.3 is 0 Å². The monoisotopic (exact) mass is 305 g/mol. The minimum atomic E-state index is -0.408. The highest BCUT2D eigenvalue weighted by Gasteiger charge is 2.14. The number of nitro groups is 1. The van der Waals surface area contributed by atoms with Crippen LogP contribution in [-0.2, 0) is 6.42 Å². The van der Waals surface area contributed by atoms with Crippen molar-refractivity contribution in [2.24, 2.45) is 5.92 Å². The van der Waals surface area contributed by atoms with Crippen LogP contribution in [0.1, 0.15) is 19.4 Å². The van der Waals surface area contributed by atoms with Crippen molar-refractivity contribution in [3.05, 3.63) is 38.3 Å². The van der Waals surface area contributed by atoms with E-state index in [-0.39, 0.29) is 11.1 Å². The van der Waals surface area contributed by atoms with Crippen molar-refractivity contribution >= 4 is 33.2 Å². The zero-order valence-corrected chi connectivity index (χ0v) is 11.5. The number of nitro benzene ring substituents is 1. The summed E-state index contributed by atoms with van der Waals surface area (Å²) in [7, 11) is 0. The molecular weight excluding hydrogens is 293 g/mol. The van der Waals surface area contributed by atoms with E-state index in [0.717, 1.165) is 10.0 Å². The van der Waals surface area contributed by atoms with Crippen LogP contribution in [0.3, 0.4) is 0 Å². The molecule has 0 aromatic heterocycles. The molecule has 1 rings (SSSR count). The summed E-state index contributed by atoms with van der Waals surface area (Å²) in [6, 6.07) is 4.77. The molecule has 3 nitrogen and oxygen atoms in total. The van der Waals surface area contributed by atoms with Crippen molar-refractivity contribution in [2.45, 2.75) is 25.6 Å². The number of hydrogen-bond acceptors (Lipinski definition) is 2. The van der Waals surface area contributed by atoms with Crippen LogP contribution in [0.4, 0.5) is 5.69 Å². The minimum Gasteiger partial charge on any atom is -0.258 e. The molecule has 0 radical (unpaired) electrons. The summed E-state index contributed by atoms with van der Waals surface area (Å²) in [4.78, 5) is 10.1. The topological polar surface area (TPSA) is 43.1 Å². The van der Waals surface area contributed by atoms with Crippen LogP contribution in [0.15, 0.2) is 22.7 Å². The van der Waals surface area contributed by atoms with Gasteiger partial charge in [-0.1, -0.05) is 35.8 Å². The van der Waals surface area contributed by atoms with Crippen molar-refractivity contribution < 1.29 is 4.92 Å². The first kappa shape index (κ1) is 13.5. The summed E-state index contributed by atoms with van der Waals surface area (Å²) in [5.74, 6) is 0.378. The molecule has 0 aliphatic heterocycles. The molecule has 1 aromatic rings. The second kappa shape index (κ2) is 5.64. The molecular formula is C11H13BrClNO2. The van der Waals surface area contributed by atoms with Gasteiger partial charge in [-0.25, -0.2) is 0 Å². The molecule has 1 unspecified atom stereocenters. The van der Waals surface area contributed by atoms with E-state index in [1.165, 1.54) is 12.1 Å². The summed E-state index contributed by atoms with van der Waals surface area (Å²) in [5.41, 5.74) is 1.09. The number of non-ortho nitro benzene ring substituents is 1. The second-order valence-corrected chi connectivity index (χ2v) is 5.41. The van der Waals surface area contributed by atoms with Crippen LogP contribution in [0.5, 0.6) is 0 Å². The Morgan fingerprint density at radius 1 is 1.50 bits per heavy atom. The molecule has 0 fully saturated rings. The van der Waals surface area contributed by atoms with Crippen molar-refractivity contribution in [3.63, 3.8) is 0 Å².